The molecular weight excluding hydrogens is 189 g/mol. The van der Waals surface area contributed by atoms with E-state index < -0.39 is 5.82 Å². The zero-order valence-electron chi connectivity index (χ0n) is 9.26. The molecule has 0 saturated carbocycles. The highest BCUT2D eigenvalue weighted by Gasteiger charge is 2.03. The Morgan fingerprint density at radius 2 is 2.13 bits per heavy atom. The van der Waals surface area contributed by atoms with Crippen LogP contribution in [0.25, 0.3) is 4.85 Å². The standard InChI is InChI=1S/C13H16FN/c1-10(2)5-4-6-11-7-8-12(14)13(9-11)15-3/h7-10H,4-6H2,1-2H3. The fourth-order valence-corrected chi connectivity index (χ4v) is 1.51. The summed E-state index contributed by atoms with van der Waals surface area (Å²) in [5.41, 5.74) is 1.19. The highest BCUT2D eigenvalue weighted by molar-refractivity contribution is 5.48. The first-order chi connectivity index (χ1) is 7.13. The average molecular weight is 205 g/mol. The Kier molecular flexibility index (Phi) is 4.30. The van der Waals surface area contributed by atoms with Crippen LogP contribution in [0.3, 0.4) is 0 Å². The van der Waals surface area contributed by atoms with Crippen molar-refractivity contribution in [3.05, 3.63) is 41.0 Å². The van der Waals surface area contributed by atoms with Gasteiger partial charge in [0, 0.05) is 0 Å². The van der Waals surface area contributed by atoms with E-state index in [1.165, 1.54) is 12.5 Å². The van der Waals surface area contributed by atoms with Gasteiger partial charge in [-0.2, -0.15) is 0 Å². The first-order valence-electron chi connectivity index (χ1n) is 5.29. The van der Waals surface area contributed by atoms with Gasteiger partial charge < -0.3 is 0 Å². The monoisotopic (exact) mass is 205 g/mol. The van der Waals surface area contributed by atoms with Crippen LogP contribution < -0.4 is 0 Å². The van der Waals surface area contributed by atoms with Crippen molar-refractivity contribution in [2.24, 2.45) is 5.92 Å². The molecule has 0 amide bonds. The van der Waals surface area contributed by atoms with Gasteiger partial charge in [0.25, 0.3) is 0 Å². The predicted octanol–water partition coefficient (Wildman–Crippen LogP) is 4.36. The Hall–Kier alpha value is -1.36. The minimum absolute atomic E-state index is 0.136. The summed E-state index contributed by atoms with van der Waals surface area (Å²) in [5, 5.41) is 0. The smallest absolute Gasteiger partial charge is 0.222 e. The molecule has 1 aromatic rings. The van der Waals surface area contributed by atoms with Gasteiger partial charge in [-0.1, -0.05) is 38.0 Å². The second-order valence-corrected chi connectivity index (χ2v) is 4.18. The van der Waals surface area contributed by atoms with Crippen LogP contribution in [0.4, 0.5) is 10.1 Å². The lowest BCUT2D eigenvalue weighted by molar-refractivity contribution is 0.555. The molecule has 1 aromatic carbocycles. The van der Waals surface area contributed by atoms with Gasteiger partial charge in [0.05, 0.1) is 6.57 Å². The zero-order chi connectivity index (χ0) is 11.3. The van der Waals surface area contributed by atoms with Crippen molar-refractivity contribution in [1.29, 1.82) is 0 Å². The second kappa shape index (κ2) is 5.50. The topological polar surface area (TPSA) is 4.36 Å². The van der Waals surface area contributed by atoms with Crippen LogP contribution in [0, 0.1) is 18.3 Å². The number of rotatable bonds is 4. The van der Waals surface area contributed by atoms with E-state index in [1.807, 2.05) is 0 Å². The Morgan fingerprint density at radius 1 is 1.40 bits per heavy atom. The van der Waals surface area contributed by atoms with Gasteiger partial charge in [0.1, 0.15) is 5.82 Å². The maximum Gasteiger partial charge on any atom is 0.222 e. The van der Waals surface area contributed by atoms with Gasteiger partial charge in [0.2, 0.25) is 5.69 Å². The normalized spacial score (nSPS) is 10.3. The summed E-state index contributed by atoms with van der Waals surface area (Å²) in [7, 11) is 0. The van der Waals surface area contributed by atoms with Crippen LogP contribution in [0.2, 0.25) is 0 Å². The SMILES string of the molecule is [C-]#[N+]c1cc(CCCC(C)C)ccc1F. The number of benzene rings is 1. The molecule has 0 N–H and O–H groups in total. The Balaban J connectivity index is 2.60. The molecule has 0 aromatic heterocycles. The third-order valence-electron chi connectivity index (χ3n) is 2.38. The average Bonchev–Trinajstić information content (AvgIpc) is 2.20. The van der Waals surface area contributed by atoms with Crippen molar-refractivity contribution in [3.63, 3.8) is 0 Å². The molecule has 1 nitrogen and oxygen atoms in total. The number of hydrogen-bond acceptors (Lipinski definition) is 0. The van der Waals surface area contributed by atoms with Crippen molar-refractivity contribution >= 4 is 5.69 Å². The van der Waals surface area contributed by atoms with E-state index in [9.17, 15) is 4.39 Å². The minimum Gasteiger partial charge on any atom is -0.235 e. The first-order valence-corrected chi connectivity index (χ1v) is 5.29. The molecular formula is C13H16FN. The molecule has 0 radical (unpaired) electrons. The summed E-state index contributed by atoms with van der Waals surface area (Å²) in [6.07, 6.45) is 3.20. The molecule has 0 saturated heterocycles. The molecule has 0 aliphatic heterocycles. The van der Waals surface area contributed by atoms with Crippen LogP contribution in [-0.4, -0.2) is 0 Å². The second-order valence-electron chi connectivity index (χ2n) is 4.18. The van der Waals surface area contributed by atoms with Crippen LogP contribution >= 0.6 is 0 Å². The third-order valence-corrected chi connectivity index (χ3v) is 2.38. The molecule has 0 bridgehead atoms. The molecule has 0 aliphatic rings. The quantitative estimate of drug-likeness (QED) is 0.643. The highest BCUT2D eigenvalue weighted by Crippen LogP contribution is 2.20. The molecule has 0 atom stereocenters. The lowest BCUT2D eigenvalue weighted by Crippen LogP contribution is -1.91. The van der Waals surface area contributed by atoms with Crippen molar-refractivity contribution < 1.29 is 4.39 Å². The van der Waals surface area contributed by atoms with Gasteiger partial charge >= 0.3 is 0 Å². The largest absolute Gasteiger partial charge is 0.235 e. The van der Waals surface area contributed by atoms with E-state index in [1.54, 1.807) is 12.1 Å². The van der Waals surface area contributed by atoms with Gasteiger partial charge in [0.15, 0.2) is 0 Å². The molecule has 80 valence electrons. The van der Waals surface area contributed by atoms with Gasteiger partial charge in [-0.05, 0) is 24.8 Å². The van der Waals surface area contributed by atoms with Crippen LogP contribution in [0.1, 0.15) is 32.3 Å². The molecule has 0 aliphatic carbocycles. The zero-order valence-corrected chi connectivity index (χ0v) is 9.26. The molecule has 0 unspecified atom stereocenters. The van der Waals surface area contributed by atoms with Crippen LogP contribution in [-0.2, 0) is 6.42 Å². The minimum atomic E-state index is -0.419. The summed E-state index contributed by atoms with van der Waals surface area (Å²) >= 11 is 0. The number of nitrogens with zero attached hydrogens (tertiary/aromatic N) is 1. The molecule has 15 heavy (non-hydrogen) atoms. The fourth-order valence-electron chi connectivity index (χ4n) is 1.51. The van der Waals surface area contributed by atoms with Crippen molar-refractivity contribution in [2.45, 2.75) is 33.1 Å². The van der Waals surface area contributed by atoms with Crippen molar-refractivity contribution in [1.82, 2.24) is 0 Å². The lowest BCUT2D eigenvalue weighted by Gasteiger charge is -2.05. The number of aryl methyl sites for hydroxylation is 1. The first kappa shape index (κ1) is 11.7. The highest BCUT2D eigenvalue weighted by atomic mass is 19.1. The lowest BCUT2D eigenvalue weighted by atomic mass is 10.0. The van der Waals surface area contributed by atoms with Crippen molar-refractivity contribution in [2.75, 3.05) is 0 Å². The van der Waals surface area contributed by atoms with Crippen LogP contribution in [0.5, 0.6) is 0 Å². The van der Waals surface area contributed by atoms with Crippen molar-refractivity contribution in [3.8, 4) is 0 Å². The Labute approximate surface area is 90.8 Å². The number of hydrogen-bond donors (Lipinski definition) is 0. The molecule has 2 heteroatoms. The van der Waals surface area contributed by atoms with E-state index in [0.29, 0.717) is 5.92 Å². The molecule has 0 heterocycles. The summed E-state index contributed by atoms with van der Waals surface area (Å²) in [6.45, 7) is 11.2. The Bertz CT molecular complexity index is 363. The van der Waals surface area contributed by atoms with E-state index in [0.717, 1.165) is 18.4 Å². The summed E-state index contributed by atoms with van der Waals surface area (Å²) < 4.78 is 13.0. The van der Waals surface area contributed by atoms with E-state index in [4.69, 9.17) is 6.57 Å². The summed E-state index contributed by atoms with van der Waals surface area (Å²) in [6, 6.07) is 4.81. The fraction of sp³-hybridized carbons (Fsp3) is 0.462. The third kappa shape index (κ3) is 3.71. The Morgan fingerprint density at radius 3 is 2.73 bits per heavy atom. The van der Waals surface area contributed by atoms with E-state index in [2.05, 4.69) is 18.7 Å². The molecule has 0 spiro atoms. The van der Waals surface area contributed by atoms with Gasteiger partial charge in [-0.3, -0.25) is 0 Å². The maximum atomic E-state index is 13.0. The predicted molar refractivity (Wildman–Crippen MR) is 60.4 cm³/mol. The van der Waals surface area contributed by atoms with Crippen LogP contribution in [0.15, 0.2) is 18.2 Å². The number of halogens is 1. The van der Waals surface area contributed by atoms with Gasteiger partial charge in [-0.15, -0.1) is 0 Å². The van der Waals surface area contributed by atoms with E-state index in [-0.39, 0.29) is 5.69 Å². The van der Waals surface area contributed by atoms with Gasteiger partial charge in [-0.25, -0.2) is 9.24 Å². The summed E-state index contributed by atoms with van der Waals surface area (Å²) in [4.78, 5) is 3.15. The molecule has 0 fully saturated rings. The summed E-state index contributed by atoms with van der Waals surface area (Å²) in [5.74, 6) is 0.281. The maximum absolute atomic E-state index is 13.0. The van der Waals surface area contributed by atoms with E-state index >= 15 is 0 Å². The molecule has 1 rings (SSSR count).